The fourth-order valence-electron chi connectivity index (χ4n) is 4.18. The van der Waals surface area contributed by atoms with E-state index in [0.29, 0.717) is 36.0 Å². The lowest BCUT2D eigenvalue weighted by molar-refractivity contribution is -0.134. The Hall–Kier alpha value is -3.55. The van der Waals surface area contributed by atoms with Gasteiger partial charge in [-0.15, -0.1) is 0 Å². The average Bonchev–Trinajstić information content (AvgIpc) is 2.83. The number of nitrogens with zero attached hydrogens (tertiary/aromatic N) is 2. The van der Waals surface area contributed by atoms with Crippen LogP contribution in [0.15, 0.2) is 30.3 Å². The van der Waals surface area contributed by atoms with Gasteiger partial charge in [0.1, 0.15) is 11.8 Å². The summed E-state index contributed by atoms with van der Waals surface area (Å²) in [5.41, 5.74) is 9.17. The molecular formula is C25H32N4O4. The van der Waals surface area contributed by atoms with Crippen LogP contribution in [0.1, 0.15) is 48.7 Å². The molecule has 0 radical (unpaired) electrons. The molecule has 3 amide bonds. The molecule has 33 heavy (non-hydrogen) atoms. The molecule has 0 unspecified atom stereocenters. The fraction of sp³-hybridized carbons (Fsp3) is 0.400. The summed E-state index contributed by atoms with van der Waals surface area (Å²) in [6.45, 7) is 10.9. The van der Waals surface area contributed by atoms with Crippen LogP contribution in [-0.4, -0.2) is 53.2 Å². The maximum absolute atomic E-state index is 13.5. The van der Waals surface area contributed by atoms with E-state index >= 15 is 0 Å². The number of hydrogen-bond acceptors (Lipinski definition) is 5. The van der Waals surface area contributed by atoms with Gasteiger partial charge < -0.3 is 25.6 Å². The summed E-state index contributed by atoms with van der Waals surface area (Å²) in [7, 11) is 0. The number of carbonyl (C=O) groups excluding carboxylic acids is 3. The number of anilines is 2. The molecule has 2 aromatic carbocycles. The summed E-state index contributed by atoms with van der Waals surface area (Å²) < 4.78 is 6.00. The van der Waals surface area contributed by atoms with Crippen molar-refractivity contribution in [2.45, 2.75) is 47.1 Å². The number of nitrogen functional groups attached to an aromatic ring is 1. The van der Waals surface area contributed by atoms with Crippen molar-refractivity contribution in [3.05, 3.63) is 47.0 Å². The number of aryl methyl sites for hydroxylation is 2. The van der Waals surface area contributed by atoms with Gasteiger partial charge in [-0.25, -0.2) is 0 Å². The Morgan fingerprint density at radius 3 is 2.27 bits per heavy atom. The second kappa shape index (κ2) is 9.94. The summed E-state index contributed by atoms with van der Waals surface area (Å²) in [6.07, 6.45) is -0.0809. The predicted octanol–water partition coefficient (Wildman–Crippen LogP) is 3.72. The molecule has 8 heteroatoms. The Bertz CT molecular complexity index is 1060. The second-order valence-electron chi connectivity index (χ2n) is 8.23. The van der Waals surface area contributed by atoms with E-state index in [4.69, 9.17) is 10.5 Å². The molecule has 0 saturated carbocycles. The molecule has 0 saturated heterocycles. The molecule has 1 heterocycles. The SMILES string of the molecule is CCN(CC)C(=O)C[C@H]1C(=O)Nc2cc(N)c(Oc3cc(C)cc(C)c3)cc2C(=O)N1CC. The monoisotopic (exact) mass is 452 g/mol. The maximum atomic E-state index is 13.5. The van der Waals surface area contributed by atoms with Gasteiger partial charge in [-0.05, 0) is 70.0 Å². The lowest BCUT2D eigenvalue weighted by atomic mass is 10.1. The smallest absolute Gasteiger partial charge is 0.256 e. The molecule has 0 spiro atoms. The third-order valence-corrected chi connectivity index (χ3v) is 5.83. The van der Waals surface area contributed by atoms with Crippen LogP contribution in [0.2, 0.25) is 0 Å². The van der Waals surface area contributed by atoms with E-state index in [1.807, 2.05) is 45.9 Å². The number of amides is 3. The Kier molecular flexibility index (Phi) is 7.26. The number of likely N-dealkylation sites (N-methyl/N-ethyl adjacent to an activating group) is 1. The van der Waals surface area contributed by atoms with Crippen LogP contribution in [-0.2, 0) is 9.59 Å². The number of hydrogen-bond donors (Lipinski definition) is 2. The van der Waals surface area contributed by atoms with Crippen LogP contribution >= 0.6 is 0 Å². The van der Waals surface area contributed by atoms with Crippen molar-refractivity contribution < 1.29 is 19.1 Å². The van der Waals surface area contributed by atoms with E-state index in [0.717, 1.165) is 11.1 Å². The first kappa shape index (κ1) is 24.1. The topological polar surface area (TPSA) is 105 Å². The van der Waals surface area contributed by atoms with E-state index in [1.54, 1.807) is 17.9 Å². The summed E-state index contributed by atoms with van der Waals surface area (Å²) in [5, 5.41) is 2.79. The molecule has 0 aromatic heterocycles. The van der Waals surface area contributed by atoms with Crippen LogP contribution in [0.3, 0.4) is 0 Å². The number of rotatable bonds is 7. The van der Waals surface area contributed by atoms with Gasteiger partial charge in [0.2, 0.25) is 11.8 Å². The minimum absolute atomic E-state index is 0.0809. The largest absolute Gasteiger partial charge is 0.455 e. The molecule has 1 aliphatic rings. The molecule has 1 atom stereocenters. The van der Waals surface area contributed by atoms with Gasteiger partial charge in [0.25, 0.3) is 5.91 Å². The van der Waals surface area contributed by atoms with Crippen molar-refractivity contribution >= 4 is 29.1 Å². The van der Waals surface area contributed by atoms with Crippen LogP contribution in [0, 0.1) is 13.8 Å². The first-order valence-electron chi connectivity index (χ1n) is 11.3. The van der Waals surface area contributed by atoms with Crippen molar-refractivity contribution in [3.63, 3.8) is 0 Å². The van der Waals surface area contributed by atoms with Gasteiger partial charge in [0.15, 0.2) is 5.75 Å². The first-order chi connectivity index (χ1) is 15.7. The van der Waals surface area contributed by atoms with Gasteiger partial charge >= 0.3 is 0 Å². The van der Waals surface area contributed by atoms with Crippen LogP contribution < -0.4 is 15.8 Å². The first-order valence-corrected chi connectivity index (χ1v) is 11.3. The number of fused-ring (bicyclic) bond motifs is 1. The quantitative estimate of drug-likeness (QED) is 0.623. The highest BCUT2D eigenvalue weighted by Gasteiger charge is 2.37. The van der Waals surface area contributed by atoms with Crippen molar-refractivity contribution in [1.29, 1.82) is 0 Å². The van der Waals surface area contributed by atoms with Crippen molar-refractivity contribution in [2.75, 3.05) is 30.7 Å². The normalized spacial score (nSPS) is 15.5. The molecule has 0 bridgehead atoms. The Labute approximate surface area is 194 Å². The molecule has 176 valence electrons. The van der Waals surface area contributed by atoms with Crippen LogP contribution in [0.4, 0.5) is 11.4 Å². The van der Waals surface area contributed by atoms with Crippen molar-refractivity contribution in [2.24, 2.45) is 0 Å². The highest BCUT2D eigenvalue weighted by molar-refractivity contribution is 6.11. The van der Waals surface area contributed by atoms with Gasteiger partial charge in [-0.2, -0.15) is 0 Å². The Balaban J connectivity index is 1.96. The third kappa shape index (κ3) is 5.10. The summed E-state index contributed by atoms with van der Waals surface area (Å²) in [5.74, 6) is 0.00498. The molecule has 0 fully saturated rings. The number of nitrogens with one attached hydrogen (secondary N) is 1. The number of benzene rings is 2. The lowest BCUT2D eigenvalue weighted by Crippen LogP contribution is -2.48. The molecule has 3 rings (SSSR count). The average molecular weight is 453 g/mol. The molecule has 8 nitrogen and oxygen atoms in total. The van der Waals surface area contributed by atoms with Crippen LogP contribution in [0.25, 0.3) is 0 Å². The number of carbonyl (C=O) groups is 3. The standard InChI is InChI=1S/C25H32N4O4/c1-6-28(7-2)23(30)14-21-24(31)27-20-13-19(26)22(12-18(20)25(32)29(21)8-3)33-17-10-15(4)9-16(5)11-17/h9-13,21H,6-8,14,26H2,1-5H3,(H,27,31)/t21-/m0/s1. The molecule has 1 aliphatic heterocycles. The fourth-order valence-corrected chi connectivity index (χ4v) is 4.18. The number of ether oxygens (including phenoxy) is 1. The maximum Gasteiger partial charge on any atom is 0.256 e. The minimum atomic E-state index is -0.909. The molecule has 2 aromatic rings. The van der Waals surface area contributed by atoms with Gasteiger partial charge in [0.05, 0.1) is 23.4 Å². The zero-order valence-electron chi connectivity index (χ0n) is 19.9. The lowest BCUT2D eigenvalue weighted by Gasteiger charge is -2.29. The van der Waals surface area contributed by atoms with Gasteiger partial charge in [0, 0.05) is 19.6 Å². The molecule has 3 N–H and O–H groups in total. The second-order valence-corrected chi connectivity index (χ2v) is 8.23. The van der Waals surface area contributed by atoms with Crippen molar-refractivity contribution in [1.82, 2.24) is 9.80 Å². The van der Waals surface area contributed by atoms with E-state index in [2.05, 4.69) is 5.32 Å². The molecular weight excluding hydrogens is 420 g/mol. The highest BCUT2D eigenvalue weighted by atomic mass is 16.5. The highest BCUT2D eigenvalue weighted by Crippen LogP contribution is 2.36. The van der Waals surface area contributed by atoms with E-state index in [1.165, 1.54) is 11.0 Å². The van der Waals surface area contributed by atoms with Gasteiger partial charge in [-0.1, -0.05) is 6.07 Å². The Morgan fingerprint density at radius 2 is 1.70 bits per heavy atom. The van der Waals surface area contributed by atoms with E-state index in [9.17, 15) is 14.4 Å². The number of nitrogens with two attached hydrogens (primary N) is 1. The summed E-state index contributed by atoms with van der Waals surface area (Å²) in [6, 6.07) is 7.98. The van der Waals surface area contributed by atoms with Crippen molar-refractivity contribution in [3.8, 4) is 11.5 Å². The Morgan fingerprint density at radius 1 is 1.06 bits per heavy atom. The summed E-state index contributed by atoms with van der Waals surface area (Å²) in [4.78, 5) is 42.3. The zero-order valence-corrected chi connectivity index (χ0v) is 19.9. The predicted molar refractivity (Wildman–Crippen MR) is 129 cm³/mol. The molecule has 0 aliphatic carbocycles. The zero-order chi connectivity index (χ0) is 24.3. The third-order valence-electron chi connectivity index (χ3n) is 5.83. The van der Waals surface area contributed by atoms with Gasteiger partial charge in [-0.3, -0.25) is 14.4 Å². The van der Waals surface area contributed by atoms with E-state index in [-0.39, 0.29) is 30.3 Å². The summed E-state index contributed by atoms with van der Waals surface area (Å²) >= 11 is 0. The van der Waals surface area contributed by atoms with E-state index < -0.39 is 11.9 Å². The minimum Gasteiger partial charge on any atom is -0.455 e. The van der Waals surface area contributed by atoms with Crippen LogP contribution in [0.5, 0.6) is 11.5 Å².